The smallest absolute Gasteiger partial charge is 0.255 e. The summed E-state index contributed by atoms with van der Waals surface area (Å²) < 4.78 is 1.78. The van der Waals surface area contributed by atoms with E-state index in [0.717, 1.165) is 22.7 Å². The molecule has 1 amide bonds. The van der Waals surface area contributed by atoms with Gasteiger partial charge >= 0.3 is 0 Å². The summed E-state index contributed by atoms with van der Waals surface area (Å²) in [7, 11) is 0. The van der Waals surface area contributed by atoms with Crippen molar-refractivity contribution in [1.82, 2.24) is 19.7 Å². The van der Waals surface area contributed by atoms with Gasteiger partial charge in [0, 0.05) is 29.5 Å². The van der Waals surface area contributed by atoms with E-state index < -0.39 is 6.04 Å². The molecule has 4 aromatic rings. The number of rotatable bonds is 6. The normalized spacial score (nSPS) is 15.0. The largest absolute Gasteiger partial charge is 0.328 e. The van der Waals surface area contributed by atoms with Crippen LogP contribution >= 0.6 is 11.8 Å². The van der Waals surface area contributed by atoms with Gasteiger partial charge in [-0.1, -0.05) is 66.4 Å². The molecule has 0 aliphatic carbocycles. The van der Waals surface area contributed by atoms with Crippen LogP contribution in [0.5, 0.6) is 0 Å². The lowest BCUT2D eigenvalue weighted by Gasteiger charge is -2.28. The van der Waals surface area contributed by atoms with Gasteiger partial charge < -0.3 is 10.6 Å². The van der Waals surface area contributed by atoms with E-state index in [4.69, 9.17) is 5.10 Å². The molecule has 3 heterocycles. The summed E-state index contributed by atoms with van der Waals surface area (Å²) >= 11 is 1.56. The Morgan fingerprint density at radius 2 is 1.82 bits per heavy atom. The number of nitrogens with one attached hydrogen (secondary N) is 2. The maximum atomic E-state index is 13.4. The number of hydrogen-bond donors (Lipinski definition) is 2. The molecule has 33 heavy (non-hydrogen) atoms. The van der Waals surface area contributed by atoms with E-state index in [9.17, 15) is 4.79 Å². The number of nitrogens with zero attached hydrogens (tertiary/aromatic N) is 4. The van der Waals surface area contributed by atoms with Gasteiger partial charge in [-0.05, 0) is 36.2 Å². The number of pyridine rings is 1. The Kier molecular flexibility index (Phi) is 5.91. The Morgan fingerprint density at radius 3 is 2.55 bits per heavy atom. The van der Waals surface area contributed by atoms with Crippen LogP contribution < -0.4 is 10.6 Å². The number of anilines is 2. The van der Waals surface area contributed by atoms with Gasteiger partial charge in [0.25, 0.3) is 5.91 Å². The van der Waals surface area contributed by atoms with Gasteiger partial charge in [-0.2, -0.15) is 4.98 Å². The molecule has 0 unspecified atom stereocenters. The molecule has 1 aliphatic rings. The van der Waals surface area contributed by atoms with Crippen molar-refractivity contribution in [3.8, 4) is 0 Å². The van der Waals surface area contributed by atoms with Crippen LogP contribution in [0, 0.1) is 0 Å². The van der Waals surface area contributed by atoms with Crippen molar-refractivity contribution in [3.05, 3.63) is 108 Å². The first-order chi connectivity index (χ1) is 16.2. The number of amides is 1. The van der Waals surface area contributed by atoms with E-state index in [1.807, 2.05) is 67.6 Å². The van der Waals surface area contributed by atoms with Crippen LogP contribution in [0.4, 0.5) is 11.6 Å². The lowest BCUT2D eigenvalue weighted by Crippen LogP contribution is -2.31. The first kappa shape index (κ1) is 21.0. The van der Waals surface area contributed by atoms with Gasteiger partial charge in [-0.15, -0.1) is 5.10 Å². The van der Waals surface area contributed by atoms with Gasteiger partial charge in [0.1, 0.15) is 6.04 Å². The van der Waals surface area contributed by atoms with Crippen molar-refractivity contribution < 1.29 is 4.79 Å². The minimum absolute atomic E-state index is 0.195. The molecule has 7 nitrogen and oxygen atoms in total. The Labute approximate surface area is 196 Å². The van der Waals surface area contributed by atoms with Gasteiger partial charge in [0.15, 0.2) is 0 Å². The number of benzene rings is 2. The molecule has 0 radical (unpaired) electrons. The maximum Gasteiger partial charge on any atom is 0.255 e. The number of hydrogen-bond acceptors (Lipinski definition) is 6. The minimum Gasteiger partial charge on any atom is -0.328 e. The third kappa shape index (κ3) is 4.51. The Hall–Kier alpha value is -3.91. The minimum atomic E-state index is -0.447. The zero-order valence-corrected chi connectivity index (χ0v) is 18.8. The van der Waals surface area contributed by atoms with Crippen LogP contribution in [0.3, 0.4) is 0 Å². The van der Waals surface area contributed by atoms with Crippen LogP contribution in [0.15, 0.2) is 102 Å². The second kappa shape index (κ2) is 9.30. The summed E-state index contributed by atoms with van der Waals surface area (Å²) in [5, 5.41) is 11.7. The van der Waals surface area contributed by atoms with E-state index in [2.05, 4.69) is 32.7 Å². The fourth-order valence-corrected chi connectivity index (χ4v) is 4.56. The number of aromatic nitrogens is 4. The molecule has 0 saturated carbocycles. The molecule has 0 saturated heterocycles. The summed E-state index contributed by atoms with van der Waals surface area (Å²) in [6.45, 7) is 1.89. The molecule has 0 bridgehead atoms. The second-order valence-electron chi connectivity index (χ2n) is 7.61. The molecule has 1 atom stereocenters. The SMILES string of the molecule is CC1=C(C(=O)Nc2ccccc2)[C@@H](c2cccnc2)n2nc(SCc3ccccc3)nc2N1. The van der Waals surface area contributed by atoms with E-state index in [1.165, 1.54) is 5.56 Å². The summed E-state index contributed by atoms with van der Waals surface area (Å²) in [5.41, 5.74) is 4.10. The molecular weight excluding hydrogens is 432 g/mol. The molecule has 5 rings (SSSR count). The van der Waals surface area contributed by atoms with Crippen LogP contribution in [-0.2, 0) is 10.5 Å². The number of fused-ring (bicyclic) bond motifs is 1. The maximum absolute atomic E-state index is 13.4. The first-order valence-corrected chi connectivity index (χ1v) is 11.5. The predicted molar refractivity (Wildman–Crippen MR) is 130 cm³/mol. The molecule has 2 aromatic heterocycles. The average molecular weight is 455 g/mol. The summed E-state index contributed by atoms with van der Waals surface area (Å²) in [5.74, 6) is 1.17. The molecule has 0 fully saturated rings. The molecule has 8 heteroatoms. The second-order valence-corrected chi connectivity index (χ2v) is 8.55. The van der Waals surface area contributed by atoms with Gasteiger partial charge in [-0.25, -0.2) is 4.68 Å². The molecule has 0 spiro atoms. The Morgan fingerprint density at radius 1 is 1.06 bits per heavy atom. The Bertz CT molecular complexity index is 1290. The van der Waals surface area contributed by atoms with Crippen molar-refractivity contribution in [2.45, 2.75) is 23.9 Å². The summed E-state index contributed by atoms with van der Waals surface area (Å²) in [4.78, 5) is 22.4. The predicted octanol–water partition coefficient (Wildman–Crippen LogP) is 4.89. The van der Waals surface area contributed by atoms with Gasteiger partial charge in [0.2, 0.25) is 11.1 Å². The highest BCUT2D eigenvalue weighted by Gasteiger charge is 2.34. The van der Waals surface area contributed by atoms with Crippen molar-refractivity contribution in [1.29, 1.82) is 0 Å². The van der Waals surface area contributed by atoms with Crippen molar-refractivity contribution in [3.63, 3.8) is 0 Å². The zero-order valence-electron chi connectivity index (χ0n) is 18.0. The number of thioether (sulfide) groups is 1. The molecule has 164 valence electrons. The number of para-hydroxylation sites is 1. The summed E-state index contributed by atoms with van der Waals surface area (Å²) in [6, 6.07) is 23.0. The number of carbonyl (C=O) groups excluding carboxylic acids is 1. The molecule has 2 N–H and O–H groups in total. The topological polar surface area (TPSA) is 84.7 Å². The Balaban J connectivity index is 1.48. The number of allylic oxidation sites excluding steroid dienone is 1. The third-order valence-electron chi connectivity index (χ3n) is 5.32. The van der Waals surface area contributed by atoms with E-state index in [0.29, 0.717) is 16.7 Å². The van der Waals surface area contributed by atoms with Crippen molar-refractivity contribution in [2.24, 2.45) is 0 Å². The summed E-state index contributed by atoms with van der Waals surface area (Å²) in [6.07, 6.45) is 3.48. The highest BCUT2D eigenvalue weighted by molar-refractivity contribution is 7.98. The number of carbonyl (C=O) groups is 1. The molecule has 1 aliphatic heterocycles. The van der Waals surface area contributed by atoms with Crippen LogP contribution in [0.2, 0.25) is 0 Å². The highest BCUT2D eigenvalue weighted by Crippen LogP contribution is 2.36. The van der Waals surface area contributed by atoms with Crippen LogP contribution in [0.25, 0.3) is 0 Å². The van der Waals surface area contributed by atoms with Crippen LogP contribution in [0.1, 0.15) is 24.1 Å². The van der Waals surface area contributed by atoms with Gasteiger partial charge in [-0.3, -0.25) is 9.78 Å². The quantitative estimate of drug-likeness (QED) is 0.404. The zero-order chi connectivity index (χ0) is 22.6. The monoisotopic (exact) mass is 454 g/mol. The molecular formula is C25H22N6OS. The van der Waals surface area contributed by atoms with Gasteiger partial charge in [0.05, 0.1) is 5.57 Å². The lowest BCUT2D eigenvalue weighted by molar-refractivity contribution is -0.113. The standard InChI is InChI=1S/C25H22N6OS/c1-17-21(23(32)28-20-12-6-3-7-13-20)22(19-11-8-14-26-15-19)31-24(27-17)29-25(30-31)33-16-18-9-4-2-5-10-18/h2-15,22H,16H2,1H3,(H,28,32)(H,27,29,30)/t22-/m1/s1. The first-order valence-electron chi connectivity index (χ1n) is 10.6. The fraction of sp³-hybridized carbons (Fsp3) is 0.120. The molecule has 2 aromatic carbocycles. The third-order valence-corrected chi connectivity index (χ3v) is 6.23. The lowest BCUT2D eigenvalue weighted by atomic mass is 9.96. The van der Waals surface area contributed by atoms with Crippen molar-refractivity contribution >= 4 is 29.3 Å². The van der Waals surface area contributed by atoms with E-state index >= 15 is 0 Å². The highest BCUT2D eigenvalue weighted by atomic mass is 32.2. The fourth-order valence-electron chi connectivity index (χ4n) is 3.77. The van der Waals surface area contributed by atoms with Crippen LogP contribution in [-0.4, -0.2) is 25.7 Å². The van der Waals surface area contributed by atoms with E-state index in [1.54, 1.807) is 28.8 Å². The van der Waals surface area contributed by atoms with E-state index in [-0.39, 0.29) is 5.91 Å². The average Bonchev–Trinajstić information content (AvgIpc) is 3.26. The van der Waals surface area contributed by atoms with Crippen molar-refractivity contribution in [2.75, 3.05) is 10.6 Å².